The van der Waals surface area contributed by atoms with E-state index in [2.05, 4.69) is 36.3 Å². The number of carbonyl (C=O) groups is 2. The van der Waals surface area contributed by atoms with E-state index in [1.54, 1.807) is 39.6 Å². The van der Waals surface area contributed by atoms with E-state index < -0.39 is 21.8 Å². The van der Waals surface area contributed by atoms with Gasteiger partial charge in [0.1, 0.15) is 0 Å². The number of halogens is 3. The van der Waals surface area contributed by atoms with Crippen molar-refractivity contribution in [1.29, 1.82) is 0 Å². The van der Waals surface area contributed by atoms with Crippen molar-refractivity contribution >= 4 is 38.9 Å². The van der Waals surface area contributed by atoms with Crippen LogP contribution in [0.5, 0.6) is 0 Å². The van der Waals surface area contributed by atoms with E-state index in [-0.39, 0.29) is 42.9 Å². The number of carbonyl (C=O) groups excluding carboxylic acids is 2. The molecule has 0 atom stereocenters. The lowest BCUT2D eigenvalue weighted by Gasteiger charge is -2.24. The number of nitrogens with zero attached hydrogens (tertiary/aromatic N) is 3. The van der Waals surface area contributed by atoms with Gasteiger partial charge >= 0.3 is 12.1 Å². The number of alkyl halides is 3. The minimum Gasteiger partial charge on any atom is -0.463 e. The number of esters is 1. The number of rotatable bonds is 14. The Balaban J connectivity index is 0.000000665. The number of anilines is 1. The fraction of sp³-hybridized carbons (Fsp3) is 0.514. The Kier molecular flexibility index (Phi) is 18.6. The van der Waals surface area contributed by atoms with Gasteiger partial charge in [0.15, 0.2) is 5.13 Å². The molecule has 274 valence electrons. The Bertz CT molecular complexity index is 1530. The number of aryl methyl sites for hydroxylation is 1. The van der Waals surface area contributed by atoms with Gasteiger partial charge in [-0.2, -0.15) is 17.5 Å². The van der Waals surface area contributed by atoms with E-state index in [1.807, 2.05) is 26.0 Å². The quantitative estimate of drug-likeness (QED) is 0.159. The second kappa shape index (κ2) is 20.9. The van der Waals surface area contributed by atoms with Crippen molar-refractivity contribution in [2.45, 2.75) is 93.0 Å². The number of thiazole rings is 1. The van der Waals surface area contributed by atoms with E-state index in [0.29, 0.717) is 29.8 Å². The third kappa shape index (κ3) is 14.5. The third-order valence-corrected chi connectivity index (χ3v) is 10.3. The number of nitrogens with one attached hydrogen (secondary N) is 1. The third-order valence-electron chi connectivity index (χ3n) is 7.02. The average molecular weight is 729 g/mol. The highest BCUT2D eigenvalue weighted by atomic mass is 32.2. The first-order chi connectivity index (χ1) is 23.0. The van der Waals surface area contributed by atoms with Crippen molar-refractivity contribution in [2.75, 3.05) is 31.6 Å². The first kappa shape index (κ1) is 43.5. The van der Waals surface area contributed by atoms with Crippen LogP contribution < -0.4 is 10.2 Å². The highest BCUT2D eigenvalue weighted by molar-refractivity contribution is 7.93. The molecule has 0 aliphatic heterocycles. The van der Waals surface area contributed by atoms with E-state index in [0.717, 1.165) is 29.0 Å². The van der Waals surface area contributed by atoms with Crippen LogP contribution in [0.4, 0.5) is 18.3 Å². The smallest absolute Gasteiger partial charge is 0.412 e. The Morgan fingerprint density at radius 2 is 1.73 bits per heavy atom. The summed E-state index contributed by atoms with van der Waals surface area (Å²) in [5.74, 6) is 0.222. The molecule has 0 bridgehead atoms. The van der Waals surface area contributed by atoms with Gasteiger partial charge in [-0.3, -0.25) is 9.59 Å². The van der Waals surface area contributed by atoms with Crippen molar-refractivity contribution in [3.8, 4) is 0 Å². The zero-order valence-corrected chi connectivity index (χ0v) is 31.6. The zero-order chi connectivity index (χ0) is 37.4. The molecular weight excluding hydrogens is 678 g/mol. The van der Waals surface area contributed by atoms with E-state index >= 15 is 0 Å². The maximum absolute atomic E-state index is 13.1. The number of hydrogen-bond acceptors (Lipinski definition) is 8. The Labute approximate surface area is 294 Å². The maximum Gasteiger partial charge on any atom is 0.412 e. The number of benzene rings is 1. The maximum atomic E-state index is 13.1. The topological polar surface area (TPSA) is 109 Å². The molecule has 49 heavy (non-hydrogen) atoms. The molecule has 1 heterocycles. The number of sulfonamides is 1. The van der Waals surface area contributed by atoms with Gasteiger partial charge in [0.2, 0.25) is 16.4 Å². The van der Waals surface area contributed by atoms with Gasteiger partial charge in [-0.15, -0.1) is 11.3 Å². The minimum atomic E-state index is -4.51. The Hall–Kier alpha value is -3.49. The monoisotopic (exact) mass is 728 g/mol. The molecule has 1 N–H and O–H groups in total. The van der Waals surface area contributed by atoms with Crippen molar-refractivity contribution in [1.82, 2.24) is 14.6 Å². The number of ether oxygens (including phenoxy) is 1. The lowest BCUT2D eigenvalue weighted by Crippen LogP contribution is -2.37. The van der Waals surface area contributed by atoms with Crippen LogP contribution in [0.15, 0.2) is 59.0 Å². The second-order valence-electron chi connectivity index (χ2n) is 11.4. The summed E-state index contributed by atoms with van der Waals surface area (Å²) in [6, 6.07) is 8.30. The van der Waals surface area contributed by atoms with Crippen LogP contribution >= 0.6 is 11.3 Å². The van der Waals surface area contributed by atoms with Gasteiger partial charge in [-0.25, -0.2) is 13.4 Å². The summed E-state index contributed by atoms with van der Waals surface area (Å²) in [4.78, 5) is 28.8. The molecule has 0 saturated carbocycles. The van der Waals surface area contributed by atoms with E-state index in [1.165, 1.54) is 33.4 Å². The molecule has 1 aromatic carbocycles. The minimum absolute atomic E-state index is 0.110. The molecule has 0 fully saturated rings. The van der Waals surface area contributed by atoms with Crippen molar-refractivity contribution in [3.05, 3.63) is 80.7 Å². The summed E-state index contributed by atoms with van der Waals surface area (Å²) < 4.78 is 71.4. The largest absolute Gasteiger partial charge is 0.463 e. The highest BCUT2D eigenvalue weighted by Gasteiger charge is 2.33. The fourth-order valence-electron chi connectivity index (χ4n) is 4.30. The number of allylic oxidation sites excluding steroid dienone is 5. The average Bonchev–Trinajstić information content (AvgIpc) is 3.22. The van der Waals surface area contributed by atoms with Gasteiger partial charge < -0.3 is 15.0 Å². The molecule has 9 nitrogen and oxygen atoms in total. The Morgan fingerprint density at radius 3 is 2.27 bits per heavy atom. The van der Waals surface area contributed by atoms with E-state index in [4.69, 9.17) is 4.74 Å². The lowest BCUT2D eigenvalue weighted by molar-refractivity contribution is -0.146. The summed E-state index contributed by atoms with van der Waals surface area (Å²) in [5, 5.41) is 3.26. The van der Waals surface area contributed by atoms with E-state index in [9.17, 15) is 31.2 Å². The van der Waals surface area contributed by atoms with Crippen LogP contribution in [-0.4, -0.2) is 69.0 Å². The molecule has 3 rings (SSSR count). The van der Waals surface area contributed by atoms with Gasteiger partial charge in [0.05, 0.1) is 23.1 Å². The van der Waals surface area contributed by atoms with Crippen LogP contribution in [0.2, 0.25) is 0 Å². The molecular formula is C35H51F3N4O5S2. The van der Waals surface area contributed by atoms with Crippen LogP contribution in [0.3, 0.4) is 0 Å². The molecule has 1 amide bonds. The molecule has 0 spiro atoms. The highest BCUT2D eigenvalue weighted by Crippen LogP contribution is 2.31. The van der Waals surface area contributed by atoms with Gasteiger partial charge in [-0.05, 0) is 56.4 Å². The lowest BCUT2D eigenvalue weighted by atomic mass is 10.0. The van der Waals surface area contributed by atoms with Crippen molar-refractivity contribution in [2.24, 2.45) is 0 Å². The molecule has 0 radical (unpaired) electrons. The van der Waals surface area contributed by atoms with Gasteiger partial charge in [0, 0.05) is 43.7 Å². The zero-order valence-electron chi connectivity index (χ0n) is 29.9. The van der Waals surface area contributed by atoms with Crippen LogP contribution in [0.1, 0.15) is 82.5 Å². The van der Waals surface area contributed by atoms with Crippen LogP contribution in [-0.2, 0) is 37.3 Å². The predicted octanol–water partition coefficient (Wildman–Crippen LogP) is 7.45. The fourth-order valence-corrected chi connectivity index (χ4v) is 6.80. The number of aromatic nitrogens is 1. The normalized spacial score (nSPS) is 13.0. The summed E-state index contributed by atoms with van der Waals surface area (Å²) in [7, 11) is -2.22. The molecule has 1 aliphatic rings. The molecule has 14 heteroatoms. The summed E-state index contributed by atoms with van der Waals surface area (Å²) in [6.07, 6.45) is -0.0385. The number of likely N-dealkylation sites (N-methyl/N-ethyl adjacent to an activating group) is 2. The molecule has 0 unspecified atom stereocenters. The molecule has 1 aromatic heterocycles. The summed E-state index contributed by atoms with van der Waals surface area (Å²) >= 11 is 1.33. The summed E-state index contributed by atoms with van der Waals surface area (Å²) in [6.45, 7) is 16.5. The van der Waals surface area contributed by atoms with Crippen molar-refractivity contribution in [3.63, 3.8) is 0 Å². The number of amides is 1. The number of hydrogen-bond donors (Lipinski definition) is 1. The molecule has 2 aromatic rings. The van der Waals surface area contributed by atoms with Crippen molar-refractivity contribution < 1.29 is 35.9 Å². The van der Waals surface area contributed by atoms with Crippen LogP contribution in [0, 0.1) is 6.92 Å². The molecule has 1 aliphatic carbocycles. The standard InChI is InChI=1S/C22H30F3N3O4S2.C11H15NO.C2H6/c1-6-28(34(30,31)18-9-7-8-17(10-11-18)22(23,24)25)13-12-27(5)21-26-16(4)19(33-21)14-20(29)32-15(2)3;1-9(2)11-5-3-10(4-6-11)7-12-8-13;1-2/h7,9-11,15H,6,8,12-14H2,1-5H3;3-6,8-9H,7H2,1-2H3,(H,12,13);1-2H3. The van der Waals surface area contributed by atoms with Gasteiger partial charge in [0.25, 0.3) is 0 Å². The second-order valence-corrected chi connectivity index (χ2v) is 14.4. The van der Waals surface area contributed by atoms with Gasteiger partial charge in [-0.1, -0.05) is 71.0 Å². The van der Waals surface area contributed by atoms with Crippen LogP contribution in [0.25, 0.3) is 0 Å². The SMILES string of the molecule is CC.CC(C)c1ccc(CNC=O)cc1.CCN(CCN(C)c1nc(C)c(CC(=O)OC(C)C)s1)S(=O)(=O)C1=CC=C(C(F)(F)F)CC=C1. The summed E-state index contributed by atoms with van der Waals surface area (Å²) in [5.41, 5.74) is 2.36. The first-order valence-corrected chi connectivity index (χ1v) is 18.5. The predicted molar refractivity (Wildman–Crippen MR) is 192 cm³/mol. The molecule has 0 saturated heterocycles. The Morgan fingerprint density at radius 1 is 1.10 bits per heavy atom. The first-order valence-electron chi connectivity index (χ1n) is 16.3.